The number of nitro groups is 1. The van der Waals surface area contributed by atoms with Gasteiger partial charge in [0.25, 0.3) is 5.69 Å². The third-order valence-corrected chi connectivity index (χ3v) is 5.83. The first-order valence-electron chi connectivity index (χ1n) is 9.33. The highest BCUT2D eigenvalue weighted by Crippen LogP contribution is 2.30. The molecule has 1 amide bonds. The van der Waals surface area contributed by atoms with E-state index in [4.69, 9.17) is 0 Å². The van der Waals surface area contributed by atoms with Gasteiger partial charge in [-0.2, -0.15) is 5.10 Å². The van der Waals surface area contributed by atoms with Crippen LogP contribution in [0.3, 0.4) is 0 Å². The maximum Gasteiger partial charge on any atom is 0.270 e. The summed E-state index contributed by atoms with van der Waals surface area (Å²) in [6, 6.07) is 20.2. The van der Waals surface area contributed by atoms with E-state index in [-0.39, 0.29) is 16.8 Å². The number of thioether (sulfide) groups is 1. The molecule has 8 heteroatoms. The Morgan fingerprint density at radius 3 is 2.73 bits per heavy atom. The average molecular weight is 418 g/mol. The maximum absolute atomic E-state index is 12.7. The van der Waals surface area contributed by atoms with Crippen LogP contribution in [0.25, 0.3) is 10.8 Å². The standard InChI is InChI=1S/C22H18N4O3S/c1-15-21(27)25(14-18-9-5-8-17-7-2-3-11-20(17)18)22(30-15)24-23-13-16-6-4-10-19(12-16)26(28)29/h2-13,15H,14H2,1H3/b23-13-,24-22+/t15-/m1/s1. The molecule has 0 spiro atoms. The Bertz CT molecular complexity index is 1190. The Hall–Kier alpha value is -3.52. The Balaban J connectivity index is 1.60. The fraction of sp³-hybridized carbons (Fsp3) is 0.136. The first kappa shape index (κ1) is 19.8. The van der Waals surface area contributed by atoms with Crippen LogP contribution in [0.15, 0.2) is 76.9 Å². The van der Waals surface area contributed by atoms with Crippen LogP contribution in [-0.4, -0.2) is 32.4 Å². The van der Waals surface area contributed by atoms with E-state index in [2.05, 4.69) is 10.2 Å². The summed E-state index contributed by atoms with van der Waals surface area (Å²) >= 11 is 1.35. The number of non-ortho nitro benzene ring substituents is 1. The number of carbonyl (C=O) groups is 1. The summed E-state index contributed by atoms with van der Waals surface area (Å²) in [5, 5.41) is 21.7. The Labute approximate surface area is 177 Å². The zero-order valence-electron chi connectivity index (χ0n) is 16.1. The molecule has 7 nitrogen and oxygen atoms in total. The molecule has 1 atom stereocenters. The van der Waals surface area contributed by atoms with E-state index in [1.165, 1.54) is 30.1 Å². The number of fused-ring (bicyclic) bond motifs is 1. The SMILES string of the molecule is C[C@H]1S/C(=N/N=C\c2cccc([N+](=O)[O-])c2)N(Cc2cccc3ccccc23)C1=O. The van der Waals surface area contributed by atoms with Crippen LogP contribution in [0.4, 0.5) is 5.69 Å². The molecule has 0 N–H and O–H groups in total. The van der Waals surface area contributed by atoms with Gasteiger partial charge in [-0.05, 0) is 23.3 Å². The lowest BCUT2D eigenvalue weighted by Gasteiger charge is -2.17. The minimum atomic E-state index is -0.456. The summed E-state index contributed by atoms with van der Waals surface area (Å²) in [6.07, 6.45) is 1.45. The van der Waals surface area contributed by atoms with Gasteiger partial charge in [-0.1, -0.05) is 66.4 Å². The van der Waals surface area contributed by atoms with E-state index in [9.17, 15) is 14.9 Å². The molecule has 1 fully saturated rings. The van der Waals surface area contributed by atoms with Crippen molar-refractivity contribution in [3.05, 3.63) is 88.0 Å². The molecule has 0 saturated carbocycles. The molecule has 0 aliphatic carbocycles. The molecule has 30 heavy (non-hydrogen) atoms. The number of rotatable bonds is 5. The van der Waals surface area contributed by atoms with Crippen LogP contribution < -0.4 is 0 Å². The van der Waals surface area contributed by atoms with Crippen molar-refractivity contribution in [2.24, 2.45) is 10.2 Å². The van der Waals surface area contributed by atoms with Gasteiger partial charge in [-0.25, -0.2) is 0 Å². The average Bonchev–Trinajstić information content (AvgIpc) is 3.02. The molecule has 0 unspecified atom stereocenters. The Morgan fingerprint density at radius 2 is 1.90 bits per heavy atom. The van der Waals surface area contributed by atoms with E-state index in [0.717, 1.165) is 16.3 Å². The second kappa shape index (κ2) is 8.46. The zero-order valence-corrected chi connectivity index (χ0v) is 17.0. The number of benzene rings is 3. The van der Waals surface area contributed by atoms with Crippen molar-refractivity contribution < 1.29 is 9.72 Å². The molecule has 3 aromatic carbocycles. The Morgan fingerprint density at radius 1 is 1.13 bits per heavy atom. The molecule has 0 aromatic heterocycles. The molecule has 0 bridgehead atoms. The van der Waals surface area contributed by atoms with Crippen molar-refractivity contribution in [1.82, 2.24) is 4.90 Å². The highest BCUT2D eigenvalue weighted by Gasteiger charge is 2.35. The third-order valence-electron chi connectivity index (χ3n) is 4.77. The normalized spacial score (nSPS) is 18.0. The number of nitro benzene ring substituents is 1. The summed E-state index contributed by atoms with van der Waals surface area (Å²) in [6.45, 7) is 2.25. The number of amidine groups is 1. The molecule has 1 aliphatic rings. The predicted octanol–water partition coefficient (Wildman–Crippen LogP) is 4.60. The van der Waals surface area contributed by atoms with Gasteiger partial charge >= 0.3 is 0 Å². The molecule has 1 aliphatic heterocycles. The van der Waals surface area contributed by atoms with E-state index < -0.39 is 4.92 Å². The molecule has 3 aromatic rings. The van der Waals surface area contributed by atoms with Crippen LogP contribution >= 0.6 is 11.8 Å². The summed E-state index contributed by atoms with van der Waals surface area (Å²) in [4.78, 5) is 24.8. The third kappa shape index (κ3) is 4.08. The summed E-state index contributed by atoms with van der Waals surface area (Å²) < 4.78 is 0. The lowest BCUT2D eigenvalue weighted by atomic mass is 10.0. The maximum atomic E-state index is 12.7. The lowest BCUT2D eigenvalue weighted by molar-refractivity contribution is -0.384. The summed E-state index contributed by atoms with van der Waals surface area (Å²) in [5.74, 6) is -0.0165. The first-order chi connectivity index (χ1) is 14.5. The van der Waals surface area contributed by atoms with Crippen LogP contribution in [-0.2, 0) is 11.3 Å². The summed E-state index contributed by atoms with van der Waals surface area (Å²) in [7, 11) is 0. The second-order valence-electron chi connectivity index (χ2n) is 6.80. The van der Waals surface area contributed by atoms with Crippen molar-refractivity contribution in [2.45, 2.75) is 18.7 Å². The molecule has 1 saturated heterocycles. The highest BCUT2D eigenvalue weighted by atomic mass is 32.2. The van der Waals surface area contributed by atoms with E-state index in [0.29, 0.717) is 17.3 Å². The minimum Gasteiger partial charge on any atom is -0.284 e. The number of amides is 1. The number of nitrogens with zero attached hydrogens (tertiary/aromatic N) is 4. The van der Waals surface area contributed by atoms with Crippen molar-refractivity contribution in [1.29, 1.82) is 0 Å². The zero-order chi connectivity index (χ0) is 21.1. The molecule has 150 valence electrons. The van der Waals surface area contributed by atoms with Crippen molar-refractivity contribution in [3.8, 4) is 0 Å². The molecular weight excluding hydrogens is 400 g/mol. The van der Waals surface area contributed by atoms with Crippen LogP contribution in [0, 0.1) is 10.1 Å². The number of hydrogen-bond donors (Lipinski definition) is 0. The number of hydrogen-bond acceptors (Lipinski definition) is 6. The molecule has 1 heterocycles. The topological polar surface area (TPSA) is 88.2 Å². The highest BCUT2D eigenvalue weighted by molar-refractivity contribution is 8.15. The van der Waals surface area contributed by atoms with Gasteiger partial charge in [-0.3, -0.25) is 19.8 Å². The van der Waals surface area contributed by atoms with Gasteiger partial charge in [-0.15, -0.1) is 5.10 Å². The van der Waals surface area contributed by atoms with Crippen molar-refractivity contribution >= 4 is 45.5 Å². The Kier molecular flexibility index (Phi) is 5.58. The second-order valence-corrected chi connectivity index (χ2v) is 8.11. The van der Waals surface area contributed by atoms with Crippen LogP contribution in [0.2, 0.25) is 0 Å². The fourth-order valence-corrected chi connectivity index (χ4v) is 4.19. The van der Waals surface area contributed by atoms with Gasteiger partial charge in [0.05, 0.1) is 22.9 Å². The van der Waals surface area contributed by atoms with Gasteiger partial charge < -0.3 is 0 Å². The van der Waals surface area contributed by atoms with Gasteiger partial charge in [0.1, 0.15) is 0 Å². The smallest absolute Gasteiger partial charge is 0.270 e. The quantitative estimate of drug-likeness (QED) is 0.344. The lowest BCUT2D eigenvalue weighted by Crippen LogP contribution is -2.30. The van der Waals surface area contributed by atoms with Gasteiger partial charge in [0.2, 0.25) is 5.91 Å². The van der Waals surface area contributed by atoms with E-state index >= 15 is 0 Å². The van der Waals surface area contributed by atoms with Crippen molar-refractivity contribution in [3.63, 3.8) is 0 Å². The minimum absolute atomic E-state index is 0.0109. The van der Waals surface area contributed by atoms with Gasteiger partial charge in [0, 0.05) is 17.7 Å². The molecular formula is C22H18N4O3S. The van der Waals surface area contributed by atoms with E-state index in [1.54, 1.807) is 17.0 Å². The van der Waals surface area contributed by atoms with Crippen LogP contribution in [0.1, 0.15) is 18.1 Å². The van der Waals surface area contributed by atoms with Gasteiger partial charge in [0.15, 0.2) is 5.17 Å². The molecule has 4 rings (SSSR count). The predicted molar refractivity (Wildman–Crippen MR) is 120 cm³/mol. The largest absolute Gasteiger partial charge is 0.284 e. The molecule has 0 radical (unpaired) electrons. The van der Waals surface area contributed by atoms with Crippen LogP contribution in [0.5, 0.6) is 0 Å². The fourth-order valence-electron chi connectivity index (χ4n) is 3.27. The van der Waals surface area contributed by atoms with E-state index in [1.807, 2.05) is 49.4 Å². The number of carbonyl (C=O) groups excluding carboxylic acids is 1. The summed E-state index contributed by atoms with van der Waals surface area (Å²) in [5.41, 5.74) is 1.59. The van der Waals surface area contributed by atoms with Crippen molar-refractivity contribution in [2.75, 3.05) is 0 Å². The monoisotopic (exact) mass is 418 g/mol. The first-order valence-corrected chi connectivity index (χ1v) is 10.2.